The first-order valence-corrected chi connectivity index (χ1v) is 10.9. The molecule has 1 aromatic rings. The van der Waals surface area contributed by atoms with Crippen molar-refractivity contribution in [3.63, 3.8) is 0 Å². The zero-order valence-electron chi connectivity index (χ0n) is 17.1. The Morgan fingerprint density at radius 3 is 2.55 bits per heavy atom. The van der Waals surface area contributed by atoms with Crippen LogP contribution in [-0.2, 0) is 16.0 Å². The van der Waals surface area contributed by atoms with Crippen molar-refractivity contribution in [1.82, 2.24) is 10.2 Å². The summed E-state index contributed by atoms with van der Waals surface area (Å²) in [5.41, 5.74) is -0.00538. The van der Waals surface area contributed by atoms with Crippen molar-refractivity contribution in [3.05, 3.63) is 35.4 Å². The lowest BCUT2D eigenvalue weighted by molar-refractivity contribution is -0.137. The van der Waals surface area contributed by atoms with E-state index in [4.69, 9.17) is 0 Å². The molecule has 0 amide bonds. The van der Waals surface area contributed by atoms with E-state index in [-0.39, 0.29) is 35.6 Å². The highest BCUT2D eigenvalue weighted by Gasteiger charge is 2.41. The van der Waals surface area contributed by atoms with Crippen LogP contribution in [0, 0.1) is 0 Å². The third-order valence-corrected chi connectivity index (χ3v) is 7.73. The molecule has 2 rings (SSSR count). The number of alkyl halides is 3. The van der Waals surface area contributed by atoms with Gasteiger partial charge in [0.25, 0.3) is 0 Å². The normalized spacial score (nSPS) is 20.0. The summed E-state index contributed by atoms with van der Waals surface area (Å²) in [6.07, 6.45) is -3.73. The molecule has 10 heteroatoms. The fourth-order valence-electron chi connectivity index (χ4n) is 3.25. The van der Waals surface area contributed by atoms with Crippen molar-refractivity contribution in [1.29, 1.82) is 0 Å². The fourth-order valence-corrected chi connectivity index (χ4v) is 4.61. The van der Waals surface area contributed by atoms with Gasteiger partial charge in [-0.15, -0.1) is 24.0 Å². The van der Waals surface area contributed by atoms with Gasteiger partial charge in [-0.2, -0.15) is 13.2 Å². The van der Waals surface area contributed by atoms with E-state index < -0.39 is 26.3 Å². The van der Waals surface area contributed by atoms with E-state index in [1.165, 1.54) is 12.1 Å². The summed E-state index contributed by atoms with van der Waals surface area (Å²) in [4.78, 5) is 6.14. The van der Waals surface area contributed by atoms with Gasteiger partial charge in [0.1, 0.15) is 0 Å². The predicted molar refractivity (Wildman–Crippen MR) is 121 cm³/mol. The van der Waals surface area contributed by atoms with E-state index in [1.54, 1.807) is 27.0 Å². The average molecular weight is 547 g/mol. The Balaban J connectivity index is 0.00000420. The first-order chi connectivity index (χ1) is 12.9. The van der Waals surface area contributed by atoms with Crippen LogP contribution in [0.4, 0.5) is 13.2 Å². The molecule has 5 nitrogen and oxygen atoms in total. The summed E-state index contributed by atoms with van der Waals surface area (Å²) in [6, 6.07) is 5.39. The molecule has 1 unspecified atom stereocenters. The van der Waals surface area contributed by atoms with Crippen LogP contribution < -0.4 is 5.32 Å². The van der Waals surface area contributed by atoms with Crippen LogP contribution in [0.25, 0.3) is 0 Å². The van der Waals surface area contributed by atoms with Crippen LogP contribution in [-0.4, -0.2) is 56.5 Å². The molecule has 0 saturated carbocycles. The van der Waals surface area contributed by atoms with Gasteiger partial charge in [-0.05, 0) is 37.8 Å². The van der Waals surface area contributed by atoms with Gasteiger partial charge >= 0.3 is 6.18 Å². The van der Waals surface area contributed by atoms with Gasteiger partial charge in [0, 0.05) is 26.7 Å². The molecule has 0 spiro atoms. The highest BCUT2D eigenvalue weighted by Crippen LogP contribution is 2.31. The molecule has 1 aromatic carbocycles. The van der Waals surface area contributed by atoms with E-state index in [2.05, 4.69) is 10.3 Å². The maximum absolute atomic E-state index is 12.9. The minimum Gasteiger partial charge on any atom is -0.356 e. The average Bonchev–Trinajstić information content (AvgIpc) is 2.60. The smallest absolute Gasteiger partial charge is 0.356 e. The zero-order chi connectivity index (χ0) is 21.2. The lowest BCUT2D eigenvalue weighted by Gasteiger charge is -2.39. The third kappa shape index (κ3) is 6.47. The molecule has 29 heavy (non-hydrogen) atoms. The van der Waals surface area contributed by atoms with Gasteiger partial charge < -0.3 is 10.2 Å². The molecule has 166 valence electrons. The largest absolute Gasteiger partial charge is 0.416 e. The predicted octanol–water partition coefficient (Wildman–Crippen LogP) is 3.90. The van der Waals surface area contributed by atoms with Crippen LogP contribution in [0.15, 0.2) is 29.3 Å². The summed E-state index contributed by atoms with van der Waals surface area (Å²) in [7, 11) is -1.50. The van der Waals surface area contributed by atoms with E-state index in [1.807, 2.05) is 11.8 Å². The minimum atomic E-state index is -4.35. The van der Waals surface area contributed by atoms with Gasteiger partial charge in [0.05, 0.1) is 16.1 Å². The highest BCUT2D eigenvalue weighted by molar-refractivity contribution is 14.0. The Kier molecular flexibility index (Phi) is 8.82. The quantitative estimate of drug-likeness (QED) is 0.353. The van der Waals surface area contributed by atoms with Gasteiger partial charge in [-0.1, -0.05) is 25.1 Å². The molecule has 1 saturated heterocycles. The molecular formula is C19H29F3IN3O2S. The molecular weight excluding hydrogens is 518 g/mol. The van der Waals surface area contributed by atoms with Crippen molar-refractivity contribution in [2.45, 2.75) is 44.0 Å². The van der Waals surface area contributed by atoms with E-state index in [0.717, 1.165) is 6.07 Å². The molecule has 1 aliphatic rings. The van der Waals surface area contributed by atoms with Gasteiger partial charge in [0.2, 0.25) is 0 Å². The number of nitrogens with zero attached hydrogens (tertiary/aromatic N) is 2. The first kappa shape index (κ1) is 26.0. The number of nitrogens with one attached hydrogen (secondary N) is 1. The van der Waals surface area contributed by atoms with Crippen molar-refractivity contribution >= 4 is 39.8 Å². The Hall–Kier alpha value is -1.04. The van der Waals surface area contributed by atoms with E-state index in [0.29, 0.717) is 37.6 Å². The molecule has 0 bridgehead atoms. The van der Waals surface area contributed by atoms with Crippen LogP contribution >= 0.6 is 24.0 Å². The maximum Gasteiger partial charge on any atom is 0.416 e. The zero-order valence-corrected chi connectivity index (χ0v) is 20.2. The first-order valence-electron chi connectivity index (χ1n) is 9.22. The highest BCUT2D eigenvalue weighted by atomic mass is 127. The Morgan fingerprint density at radius 2 is 2.00 bits per heavy atom. The summed E-state index contributed by atoms with van der Waals surface area (Å²) < 4.78 is 62.1. The number of rotatable bonds is 4. The molecule has 1 N–H and O–H groups in total. The molecule has 0 aliphatic carbocycles. The number of sulfone groups is 1. The molecule has 1 aliphatic heterocycles. The molecule has 0 radical (unpaired) electrons. The monoisotopic (exact) mass is 547 g/mol. The Labute approximate surface area is 188 Å². The molecule has 1 heterocycles. The number of halogens is 4. The van der Waals surface area contributed by atoms with Gasteiger partial charge in [0.15, 0.2) is 15.8 Å². The number of hydrogen-bond acceptors (Lipinski definition) is 3. The molecule has 0 aromatic heterocycles. The lowest BCUT2D eigenvalue weighted by atomic mass is 9.96. The summed E-state index contributed by atoms with van der Waals surface area (Å²) in [6.45, 7) is 6.53. The topological polar surface area (TPSA) is 61.8 Å². The second-order valence-corrected chi connectivity index (χ2v) is 10.5. The number of hydrogen-bond donors (Lipinski definition) is 1. The van der Waals surface area contributed by atoms with Crippen molar-refractivity contribution in [2.75, 3.05) is 32.4 Å². The maximum atomic E-state index is 12.9. The summed E-state index contributed by atoms with van der Waals surface area (Å²) >= 11 is 0. The van der Waals surface area contributed by atoms with Crippen LogP contribution in [0.1, 0.15) is 44.2 Å². The van der Waals surface area contributed by atoms with Crippen LogP contribution in [0.3, 0.4) is 0 Å². The standard InChI is InChI=1S/C19H28F3N3O2S.HI/c1-14(15-6-5-7-16(12-15)19(20,21)22)8-9-24-17(23-4)25-10-11-28(26,27)18(2,3)13-25;/h5-7,12,14H,8-11,13H2,1-4H3,(H,23,24);1H. The van der Waals surface area contributed by atoms with Crippen molar-refractivity contribution in [2.24, 2.45) is 4.99 Å². The Morgan fingerprint density at radius 1 is 1.34 bits per heavy atom. The van der Waals surface area contributed by atoms with Crippen LogP contribution in [0.2, 0.25) is 0 Å². The van der Waals surface area contributed by atoms with Gasteiger partial charge in [-0.25, -0.2) is 8.42 Å². The summed E-state index contributed by atoms with van der Waals surface area (Å²) in [5.74, 6) is 0.617. The minimum absolute atomic E-state index is 0. The SMILES string of the molecule is CN=C(NCCC(C)c1cccc(C(F)(F)F)c1)N1CCS(=O)(=O)C(C)(C)C1.I. The fraction of sp³-hybridized carbons (Fsp3) is 0.632. The van der Waals surface area contributed by atoms with Crippen LogP contribution in [0.5, 0.6) is 0 Å². The second-order valence-electron chi connectivity index (χ2n) is 7.79. The Bertz CT molecular complexity index is 826. The van der Waals surface area contributed by atoms with Gasteiger partial charge in [-0.3, -0.25) is 4.99 Å². The molecule has 1 fully saturated rings. The third-order valence-electron chi connectivity index (χ3n) is 5.20. The lowest BCUT2D eigenvalue weighted by Crippen LogP contribution is -2.57. The van der Waals surface area contributed by atoms with Crippen molar-refractivity contribution < 1.29 is 21.6 Å². The molecule has 1 atom stereocenters. The van der Waals surface area contributed by atoms with E-state index >= 15 is 0 Å². The number of guanidine groups is 1. The van der Waals surface area contributed by atoms with Crippen molar-refractivity contribution in [3.8, 4) is 0 Å². The van der Waals surface area contributed by atoms with E-state index in [9.17, 15) is 21.6 Å². The number of aliphatic imine (C=N–C) groups is 1. The number of benzene rings is 1. The second kappa shape index (κ2) is 9.84. The summed E-state index contributed by atoms with van der Waals surface area (Å²) in [5, 5.41) is 3.21.